The Labute approximate surface area is 156 Å². The Morgan fingerprint density at radius 2 is 2.04 bits per heavy atom. The smallest absolute Gasteiger partial charge is 0.323 e. The van der Waals surface area contributed by atoms with Crippen LogP contribution in [0.15, 0.2) is 24.3 Å². The maximum absolute atomic E-state index is 11.4. The maximum Gasteiger partial charge on any atom is 0.323 e. The third-order valence-corrected chi connectivity index (χ3v) is 7.52. The molecule has 0 spiro atoms. The molecule has 0 aromatic heterocycles. The van der Waals surface area contributed by atoms with Crippen LogP contribution in [-0.4, -0.2) is 28.7 Å². The highest BCUT2D eigenvalue weighted by atomic mass is 16.7. The van der Waals surface area contributed by atoms with Gasteiger partial charge in [-0.2, -0.15) is 5.06 Å². The zero-order valence-electron chi connectivity index (χ0n) is 16.2. The van der Waals surface area contributed by atoms with Gasteiger partial charge in [-0.25, -0.2) is 0 Å². The average Bonchev–Trinajstić information content (AvgIpc) is 2.93. The van der Waals surface area contributed by atoms with Crippen molar-refractivity contribution in [1.29, 1.82) is 0 Å². The molecule has 1 heterocycles. The molecular weight excluding hydrogens is 326 g/mol. The Morgan fingerprint density at radius 1 is 1.27 bits per heavy atom. The molecule has 1 saturated heterocycles. The van der Waals surface area contributed by atoms with Crippen molar-refractivity contribution in [2.24, 2.45) is 17.3 Å². The van der Waals surface area contributed by atoms with E-state index < -0.39 is 12.0 Å². The van der Waals surface area contributed by atoms with Gasteiger partial charge in [0.1, 0.15) is 6.04 Å². The van der Waals surface area contributed by atoms with Gasteiger partial charge in [0.25, 0.3) is 0 Å². The van der Waals surface area contributed by atoms with E-state index in [-0.39, 0.29) is 5.41 Å². The van der Waals surface area contributed by atoms with E-state index >= 15 is 0 Å². The molecule has 2 saturated carbocycles. The Bertz CT molecular complexity index is 700. The third kappa shape index (κ3) is 2.61. The predicted molar refractivity (Wildman–Crippen MR) is 101 cm³/mol. The van der Waals surface area contributed by atoms with Crippen LogP contribution in [0.5, 0.6) is 0 Å². The zero-order valence-corrected chi connectivity index (χ0v) is 16.2. The van der Waals surface area contributed by atoms with E-state index in [1.165, 1.54) is 30.4 Å². The summed E-state index contributed by atoms with van der Waals surface area (Å²) in [4.78, 5) is 17.4. The van der Waals surface area contributed by atoms with Crippen LogP contribution in [0.4, 0.5) is 0 Å². The minimum Gasteiger partial charge on any atom is -0.480 e. The van der Waals surface area contributed by atoms with E-state index in [4.69, 9.17) is 4.84 Å². The van der Waals surface area contributed by atoms with E-state index in [1.807, 2.05) is 0 Å². The first-order chi connectivity index (χ1) is 12.4. The van der Waals surface area contributed by atoms with Crippen LogP contribution in [0.3, 0.4) is 0 Å². The van der Waals surface area contributed by atoms with Gasteiger partial charge >= 0.3 is 5.97 Å². The fourth-order valence-electron chi connectivity index (χ4n) is 6.10. The predicted octanol–water partition coefficient (Wildman–Crippen LogP) is 4.38. The van der Waals surface area contributed by atoms with Gasteiger partial charge in [-0.3, -0.25) is 9.63 Å². The van der Waals surface area contributed by atoms with Crippen molar-refractivity contribution in [2.45, 2.75) is 70.9 Å². The molecule has 0 amide bonds. The fraction of sp³-hybridized carbons (Fsp3) is 0.682. The molecule has 3 aliphatic rings. The standard InChI is InChI=1S/C22H31NO3/c1-15-10-11-19-21(2,3)22(19,13-15)17-8-5-4-7-16(17)14-26-23-12-6-9-18(23)20(24)25/h4-5,7-8,15,18-19H,6,9-14H2,1-3H3,(H,24,25)/t15?,18-,19?,22?/m1/s1. The van der Waals surface area contributed by atoms with Gasteiger partial charge in [-0.05, 0) is 54.1 Å². The molecule has 4 rings (SSSR count). The van der Waals surface area contributed by atoms with Gasteiger partial charge in [0.05, 0.1) is 6.61 Å². The number of nitrogens with zero attached hydrogens (tertiary/aromatic N) is 1. The Morgan fingerprint density at radius 3 is 2.81 bits per heavy atom. The van der Waals surface area contributed by atoms with Gasteiger partial charge in [0, 0.05) is 12.0 Å². The summed E-state index contributed by atoms with van der Waals surface area (Å²) in [6.45, 7) is 8.41. The van der Waals surface area contributed by atoms with Gasteiger partial charge < -0.3 is 5.11 Å². The van der Waals surface area contributed by atoms with Crippen LogP contribution in [0.1, 0.15) is 64.0 Å². The minimum absolute atomic E-state index is 0.266. The lowest BCUT2D eigenvalue weighted by Crippen LogP contribution is -2.36. The average molecular weight is 357 g/mol. The second-order valence-electron chi connectivity index (χ2n) is 9.20. The summed E-state index contributed by atoms with van der Waals surface area (Å²) in [5.74, 6) is 0.738. The van der Waals surface area contributed by atoms with Crippen molar-refractivity contribution in [3.63, 3.8) is 0 Å². The first kappa shape index (κ1) is 18.0. The van der Waals surface area contributed by atoms with Crippen molar-refractivity contribution in [3.8, 4) is 0 Å². The molecular formula is C22H31NO3. The highest BCUT2D eigenvalue weighted by Gasteiger charge is 2.72. The van der Waals surface area contributed by atoms with E-state index in [0.717, 1.165) is 18.3 Å². The lowest BCUT2D eigenvalue weighted by Gasteiger charge is -2.31. The number of fused-ring (bicyclic) bond motifs is 1. The summed E-state index contributed by atoms with van der Waals surface area (Å²) < 4.78 is 0. The minimum atomic E-state index is -0.779. The van der Waals surface area contributed by atoms with Gasteiger partial charge in [-0.1, -0.05) is 51.5 Å². The molecule has 3 fully saturated rings. The molecule has 4 nitrogen and oxygen atoms in total. The normalized spacial score (nSPS) is 35.9. The van der Waals surface area contributed by atoms with Crippen molar-refractivity contribution in [2.75, 3.05) is 6.54 Å². The fourth-order valence-corrected chi connectivity index (χ4v) is 6.10. The zero-order chi connectivity index (χ0) is 18.5. The van der Waals surface area contributed by atoms with Crippen LogP contribution >= 0.6 is 0 Å². The number of hydrogen-bond acceptors (Lipinski definition) is 3. The molecule has 2 aliphatic carbocycles. The maximum atomic E-state index is 11.4. The second-order valence-corrected chi connectivity index (χ2v) is 9.20. The summed E-state index contributed by atoms with van der Waals surface area (Å²) in [5, 5.41) is 11.0. The van der Waals surface area contributed by atoms with Crippen molar-refractivity contribution in [3.05, 3.63) is 35.4 Å². The van der Waals surface area contributed by atoms with Crippen LogP contribution in [0.25, 0.3) is 0 Å². The van der Waals surface area contributed by atoms with Crippen molar-refractivity contribution in [1.82, 2.24) is 5.06 Å². The SMILES string of the molecule is CC1CCC2C(C)(C)C2(c2ccccc2CON2CCC[C@@H]2C(=O)O)C1. The summed E-state index contributed by atoms with van der Waals surface area (Å²) in [7, 11) is 0. The van der Waals surface area contributed by atoms with Gasteiger partial charge in [-0.15, -0.1) is 0 Å². The molecule has 0 bridgehead atoms. The van der Waals surface area contributed by atoms with Gasteiger partial charge in [0.15, 0.2) is 0 Å². The molecule has 1 aliphatic heterocycles. The quantitative estimate of drug-likeness (QED) is 0.849. The number of benzene rings is 1. The lowest BCUT2D eigenvalue weighted by molar-refractivity contribution is -0.192. The molecule has 4 atom stereocenters. The molecule has 0 radical (unpaired) electrons. The number of hydroxylamine groups is 2. The van der Waals surface area contributed by atoms with E-state index in [9.17, 15) is 9.90 Å². The Hall–Kier alpha value is -1.39. The number of rotatable bonds is 5. The van der Waals surface area contributed by atoms with E-state index in [0.29, 0.717) is 25.0 Å². The molecule has 142 valence electrons. The third-order valence-electron chi connectivity index (χ3n) is 7.52. The number of aliphatic carboxylic acids is 1. The molecule has 3 unspecified atom stereocenters. The number of carboxylic acid groups (broad SMARTS) is 1. The van der Waals surface area contributed by atoms with Crippen LogP contribution in [0.2, 0.25) is 0 Å². The summed E-state index contributed by atoms with van der Waals surface area (Å²) in [5.41, 5.74) is 3.27. The molecule has 4 heteroatoms. The highest BCUT2D eigenvalue weighted by molar-refractivity contribution is 5.73. The topological polar surface area (TPSA) is 49.8 Å². The summed E-state index contributed by atoms with van der Waals surface area (Å²) in [6.07, 6.45) is 5.46. The van der Waals surface area contributed by atoms with Crippen molar-refractivity contribution < 1.29 is 14.7 Å². The Kier molecular flexibility index (Phi) is 4.39. The number of carbonyl (C=O) groups is 1. The van der Waals surface area contributed by atoms with Crippen molar-refractivity contribution >= 4 is 5.97 Å². The Balaban J connectivity index is 1.57. The van der Waals surface area contributed by atoms with Crippen LogP contribution in [0, 0.1) is 17.3 Å². The highest BCUT2D eigenvalue weighted by Crippen LogP contribution is 2.76. The van der Waals surface area contributed by atoms with Crippen LogP contribution < -0.4 is 0 Å². The van der Waals surface area contributed by atoms with E-state index in [1.54, 1.807) is 5.06 Å². The molecule has 26 heavy (non-hydrogen) atoms. The summed E-state index contributed by atoms with van der Waals surface area (Å²) >= 11 is 0. The number of carboxylic acids is 1. The first-order valence-electron chi connectivity index (χ1n) is 10.1. The van der Waals surface area contributed by atoms with Crippen LogP contribution in [-0.2, 0) is 21.7 Å². The largest absolute Gasteiger partial charge is 0.480 e. The van der Waals surface area contributed by atoms with Gasteiger partial charge in [0.2, 0.25) is 0 Å². The molecule has 1 N–H and O–H groups in total. The lowest BCUT2D eigenvalue weighted by atomic mass is 9.74. The number of hydrogen-bond donors (Lipinski definition) is 1. The monoisotopic (exact) mass is 357 g/mol. The molecule has 1 aromatic carbocycles. The first-order valence-corrected chi connectivity index (χ1v) is 10.1. The summed E-state index contributed by atoms with van der Waals surface area (Å²) in [6, 6.07) is 8.18. The van der Waals surface area contributed by atoms with E-state index in [2.05, 4.69) is 45.0 Å². The second kappa shape index (κ2) is 6.35. The molecule has 1 aromatic rings.